The highest BCUT2D eigenvalue weighted by Crippen LogP contribution is 2.33. The summed E-state index contributed by atoms with van der Waals surface area (Å²) in [7, 11) is 0. The second kappa shape index (κ2) is 3.66. The average molecular weight is 211 g/mol. The molecule has 1 saturated heterocycles. The monoisotopic (exact) mass is 211 g/mol. The lowest BCUT2D eigenvalue weighted by Crippen LogP contribution is -2.30. The molecule has 82 valence electrons. The minimum atomic E-state index is -1.08. The molecule has 5 heteroatoms. The van der Waals surface area contributed by atoms with Gasteiger partial charge in [-0.2, -0.15) is 0 Å². The third-order valence-corrected chi connectivity index (χ3v) is 2.64. The van der Waals surface area contributed by atoms with Gasteiger partial charge >= 0.3 is 5.97 Å². The zero-order chi connectivity index (χ0) is 10.9. The Morgan fingerprint density at radius 2 is 2.40 bits per heavy atom. The van der Waals surface area contributed by atoms with Crippen molar-refractivity contribution < 1.29 is 19.1 Å². The summed E-state index contributed by atoms with van der Waals surface area (Å²) in [4.78, 5) is 14.6. The lowest BCUT2D eigenvalue weighted by atomic mass is 9.96. The SMILES string of the molecule is CC1(c2nc(C(=O)O)co2)CCCCO1. The van der Waals surface area contributed by atoms with Gasteiger partial charge < -0.3 is 14.3 Å². The van der Waals surface area contributed by atoms with Crippen LogP contribution in [0.2, 0.25) is 0 Å². The van der Waals surface area contributed by atoms with Crippen LogP contribution >= 0.6 is 0 Å². The van der Waals surface area contributed by atoms with Crippen LogP contribution in [-0.4, -0.2) is 22.7 Å². The van der Waals surface area contributed by atoms with Crippen molar-refractivity contribution in [3.8, 4) is 0 Å². The Balaban J connectivity index is 2.23. The van der Waals surface area contributed by atoms with E-state index in [1.807, 2.05) is 6.92 Å². The third kappa shape index (κ3) is 1.87. The number of nitrogens with zero attached hydrogens (tertiary/aromatic N) is 1. The molecule has 0 aliphatic carbocycles. The van der Waals surface area contributed by atoms with Crippen molar-refractivity contribution in [2.75, 3.05) is 6.61 Å². The van der Waals surface area contributed by atoms with Crippen molar-refractivity contribution in [2.24, 2.45) is 0 Å². The number of carbonyl (C=O) groups is 1. The molecule has 1 N–H and O–H groups in total. The van der Waals surface area contributed by atoms with Crippen molar-refractivity contribution in [2.45, 2.75) is 31.8 Å². The molecule has 1 aromatic rings. The molecule has 2 rings (SSSR count). The highest BCUT2D eigenvalue weighted by atomic mass is 16.5. The van der Waals surface area contributed by atoms with E-state index in [9.17, 15) is 4.79 Å². The van der Waals surface area contributed by atoms with Crippen molar-refractivity contribution in [3.63, 3.8) is 0 Å². The predicted octanol–water partition coefficient (Wildman–Crippen LogP) is 1.79. The summed E-state index contributed by atoms with van der Waals surface area (Å²) in [6.45, 7) is 2.55. The molecule has 1 fully saturated rings. The van der Waals surface area contributed by atoms with E-state index in [-0.39, 0.29) is 5.69 Å². The Morgan fingerprint density at radius 3 is 2.93 bits per heavy atom. The lowest BCUT2D eigenvalue weighted by molar-refractivity contribution is -0.0866. The Kier molecular flexibility index (Phi) is 2.48. The normalized spacial score (nSPS) is 26.5. The first-order valence-corrected chi connectivity index (χ1v) is 4.95. The second-order valence-corrected chi connectivity index (χ2v) is 3.88. The highest BCUT2D eigenvalue weighted by Gasteiger charge is 2.35. The van der Waals surface area contributed by atoms with Gasteiger partial charge in [-0.25, -0.2) is 9.78 Å². The van der Waals surface area contributed by atoms with E-state index < -0.39 is 11.6 Å². The quantitative estimate of drug-likeness (QED) is 0.807. The zero-order valence-electron chi connectivity index (χ0n) is 8.52. The maximum absolute atomic E-state index is 10.6. The van der Waals surface area contributed by atoms with Gasteiger partial charge in [-0.15, -0.1) is 0 Å². The summed E-state index contributed by atoms with van der Waals surface area (Å²) in [5.74, 6) is -0.719. The first-order valence-electron chi connectivity index (χ1n) is 4.95. The van der Waals surface area contributed by atoms with Crippen LogP contribution < -0.4 is 0 Å². The second-order valence-electron chi connectivity index (χ2n) is 3.88. The number of carboxylic acid groups (broad SMARTS) is 1. The molecule has 1 aliphatic rings. The molecule has 0 radical (unpaired) electrons. The molecule has 1 aromatic heterocycles. The first-order chi connectivity index (χ1) is 7.12. The van der Waals surface area contributed by atoms with E-state index >= 15 is 0 Å². The summed E-state index contributed by atoms with van der Waals surface area (Å²) in [5.41, 5.74) is -0.633. The van der Waals surface area contributed by atoms with Gasteiger partial charge in [0.05, 0.1) is 0 Å². The van der Waals surface area contributed by atoms with Gasteiger partial charge in [-0.3, -0.25) is 0 Å². The Labute approximate surface area is 87.1 Å². The van der Waals surface area contributed by atoms with Crippen LogP contribution in [0.3, 0.4) is 0 Å². The highest BCUT2D eigenvalue weighted by molar-refractivity contribution is 5.84. The van der Waals surface area contributed by atoms with E-state index in [4.69, 9.17) is 14.3 Å². The smallest absolute Gasteiger partial charge is 0.357 e. The predicted molar refractivity (Wildman–Crippen MR) is 50.6 cm³/mol. The Bertz CT molecular complexity index is 365. The fraction of sp³-hybridized carbons (Fsp3) is 0.600. The van der Waals surface area contributed by atoms with E-state index in [2.05, 4.69) is 4.98 Å². The van der Waals surface area contributed by atoms with Gasteiger partial charge in [0.1, 0.15) is 11.9 Å². The summed E-state index contributed by atoms with van der Waals surface area (Å²) in [5, 5.41) is 8.72. The topological polar surface area (TPSA) is 72.6 Å². The van der Waals surface area contributed by atoms with E-state index in [0.717, 1.165) is 25.5 Å². The number of aromatic carboxylic acids is 1. The van der Waals surface area contributed by atoms with Crippen molar-refractivity contribution in [1.29, 1.82) is 0 Å². The zero-order valence-corrected chi connectivity index (χ0v) is 8.52. The Hall–Kier alpha value is -1.36. The van der Waals surface area contributed by atoms with E-state index in [1.54, 1.807) is 0 Å². The number of ether oxygens (including phenoxy) is 1. The molecule has 1 unspecified atom stereocenters. The minimum Gasteiger partial charge on any atom is -0.476 e. The molecule has 0 aromatic carbocycles. The third-order valence-electron chi connectivity index (χ3n) is 2.64. The van der Waals surface area contributed by atoms with E-state index in [1.165, 1.54) is 0 Å². The summed E-state index contributed by atoms with van der Waals surface area (Å²) >= 11 is 0. The molecule has 5 nitrogen and oxygen atoms in total. The molecule has 1 aliphatic heterocycles. The number of carboxylic acids is 1. The number of rotatable bonds is 2. The maximum Gasteiger partial charge on any atom is 0.357 e. The van der Waals surface area contributed by atoms with Crippen molar-refractivity contribution >= 4 is 5.97 Å². The van der Waals surface area contributed by atoms with Crippen LogP contribution in [0.25, 0.3) is 0 Å². The van der Waals surface area contributed by atoms with Crippen molar-refractivity contribution in [3.05, 3.63) is 17.8 Å². The van der Waals surface area contributed by atoms with E-state index in [0.29, 0.717) is 12.5 Å². The van der Waals surface area contributed by atoms with Crippen LogP contribution in [0, 0.1) is 0 Å². The van der Waals surface area contributed by atoms with Crippen LogP contribution in [0.4, 0.5) is 0 Å². The fourth-order valence-electron chi connectivity index (χ4n) is 1.72. The maximum atomic E-state index is 10.6. The van der Waals surface area contributed by atoms with Crippen LogP contribution in [0.5, 0.6) is 0 Å². The van der Waals surface area contributed by atoms with Crippen LogP contribution in [-0.2, 0) is 10.3 Å². The van der Waals surface area contributed by atoms with Gasteiger partial charge in [0.2, 0.25) is 5.89 Å². The standard InChI is InChI=1S/C10H13NO4/c1-10(4-2-3-5-15-10)9-11-7(6-14-9)8(12)13/h6H,2-5H2,1H3,(H,12,13). The number of oxazole rings is 1. The molecule has 0 saturated carbocycles. The average Bonchev–Trinajstić information content (AvgIpc) is 2.68. The van der Waals surface area contributed by atoms with Gasteiger partial charge in [0, 0.05) is 6.61 Å². The summed E-state index contributed by atoms with van der Waals surface area (Å²) in [6, 6.07) is 0. The van der Waals surface area contributed by atoms with Crippen LogP contribution in [0.1, 0.15) is 42.6 Å². The van der Waals surface area contributed by atoms with Gasteiger partial charge in [-0.1, -0.05) is 0 Å². The molecule has 2 heterocycles. The number of hydrogen-bond acceptors (Lipinski definition) is 4. The molecular formula is C10H13NO4. The van der Waals surface area contributed by atoms with Crippen LogP contribution in [0.15, 0.2) is 10.7 Å². The van der Waals surface area contributed by atoms with Gasteiger partial charge in [-0.05, 0) is 26.2 Å². The Morgan fingerprint density at radius 1 is 1.60 bits per heavy atom. The number of hydrogen-bond donors (Lipinski definition) is 1. The number of aromatic nitrogens is 1. The largest absolute Gasteiger partial charge is 0.476 e. The van der Waals surface area contributed by atoms with Crippen molar-refractivity contribution in [1.82, 2.24) is 4.98 Å². The van der Waals surface area contributed by atoms with Gasteiger partial charge in [0.25, 0.3) is 0 Å². The molecule has 1 atom stereocenters. The lowest BCUT2D eigenvalue weighted by Gasteiger charge is -2.30. The molecular weight excluding hydrogens is 198 g/mol. The molecule has 15 heavy (non-hydrogen) atoms. The first kappa shape index (κ1) is 10.2. The molecule has 0 bridgehead atoms. The molecule has 0 amide bonds. The fourth-order valence-corrected chi connectivity index (χ4v) is 1.72. The molecule has 0 spiro atoms. The van der Waals surface area contributed by atoms with Gasteiger partial charge in [0.15, 0.2) is 5.69 Å². The minimum absolute atomic E-state index is 0.0691. The summed E-state index contributed by atoms with van der Waals surface area (Å²) < 4.78 is 10.7. The summed E-state index contributed by atoms with van der Waals surface area (Å²) in [6.07, 6.45) is 4.04.